The maximum atomic E-state index is 11.4. The Labute approximate surface area is 127 Å². The van der Waals surface area contributed by atoms with Crippen LogP contribution in [0, 0.1) is 0 Å². The molecule has 7 heteroatoms. The molecule has 2 amide bonds. The van der Waals surface area contributed by atoms with Crippen molar-refractivity contribution in [3.63, 3.8) is 0 Å². The minimum absolute atomic E-state index is 0.0698. The fraction of sp³-hybridized carbons (Fsp3) is 0.308. The topological polar surface area (TPSA) is 70.6 Å². The first-order valence-electron chi connectivity index (χ1n) is 6.03. The number of amides is 2. The number of carbonyl (C=O) groups is 2. The predicted octanol–water partition coefficient (Wildman–Crippen LogP) is 2.36. The van der Waals surface area contributed by atoms with Crippen LogP contribution in [0.1, 0.15) is 25.8 Å². The number of hydrogen-bond donors (Lipinski definition) is 2. The molecule has 0 radical (unpaired) electrons. The van der Waals surface area contributed by atoms with Gasteiger partial charge in [0, 0.05) is 11.6 Å². The van der Waals surface area contributed by atoms with Gasteiger partial charge >= 0.3 is 11.8 Å². The summed E-state index contributed by atoms with van der Waals surface area (Å²) in [4.78, 5) is 22.9. The van der Waals surface area contributed by atoms with Crippen LogP contribution >= 0.6 is 23.2 Å². The lowest BCUT2D eigenvalue weighted by atomic mass is 10.2. The summed E-state index contributed by atoms with van der Waals surface area (Å²) >= 11 is 11.8. The molecule has 0 aliphatic heterocycles. The van der Waals surface area contributed by atoms with Crippen LogP contribution in [-0.4, -0.2) is 24.1 Å². The highest BCUT2D eigenvalue weighted by molar-refractivity contribution is 6.43. The highest BCUT2D eigenvalue weighted by atomic mass is 35.5. The van der Waals surface area contributed by atoms with E-state index in [9.17, 15) is 9.59 Å². The van der Waals surface area contributed by atoms with E-state index in [2.05, 4.69) is 15.8 Å². The van der Waals surface area contributed by atoms with E-state index in [1.165, 1.54) is 6.21 Å². The van der Waals surface area contributed by atoms with E-state index in [0.29, 0.717) is 15.6 Å². The molecule has 2 N–H and O–H groups in total. The Bertz CT molecular complexity index is 532. The van der Waals surface area contributed by atoms with E-state index in [4.69, 9.17) is 23.2 Å². The maximum Gasteiger partial charge on any atom is 0.329 e. The largest absolute Gasteiger partial charge is 0.345 e. The number of halogens is 2. The van der Waals surface area contributed by atoms with Crippen molar-refractivity contribution in [1.82, 2.24) is 10.7 Å². The first-order valence-corrected chi connectivity index (χ1v) is 6.79. The highest BCUT2D eigenvalue weighted by Crippen LogP contribution is 2.23. The van der Waals surface area contributed by atoms with Crippen molar-refractivity contribution < 1.29 is 9.59 Å². The molecule has 0 saturated heterocycles. The first kappa shape index (κ1) is 16.5. The zero-order chi connectivity index (χ0) is 15.1. The molecule has 1 aromatic rings. The van der Waals surface area contributed by atoms with Gasteiger partial charge in [-0.1, -0.05) is 42.3 Å². The van der Waals surface area contributed by atoms with Gasteiger partial charge in [-0.15, -0.1) is 0 Å². The summed E-state index contributed by atoms with van der Waals surface area (Å²) in [6, 6.07) is 4.95. The van der Waals surface area contributed by atoms with Gasteiger partial charge in [0.2, 0.25) is 0 Å². The minimum Gasteiger partial charge on any atom is -0.345 e. The Hall–Kier alpha value is -1.59. The minimum atomic E-state index is -0.834. The van der Waals surface area contributed by atoms with Crippen LogP contribution in [0.2, 0.25) is 10.0 Å². The van der Waals surface area contributed by atoms with E-state index in [-0.39, 0.29) is 6.04 Å². The molecule has 0 aliphatic carbocycles. The summed E-state index contributed by atoms with van der Waals surface area (Å²) in [5.41, 5.74) is 2.67. The Morgan fingerprint density at radius 3 is 2.70 bits per heavy atom. The van der Waals surface area contributed by atoms with Gasteiger partial charge in [-0.25, -0.2) is 5.43 Å². The van der Waals surface area contributed by atoms with Crippen molar-refractivity contribution in [3.8, 4) is 0 Å². The SMILES string of the molecule is CC[C@@H](C)NC(=O)C(=O)N/N=C\c1cccc(Cl)c1Cl. The van der Waals surface area contributed by atoms with Crippen LogP contribution < -0.4 is 10.7 Å². The molecule has 0 spiro atoms. The number of carbonyl (C=O) groups excluding carboxylic acids is 2. The number of hydrazone groups is 1. The second kappa shape index (κ2) is 7.87. The molecule has 0 aromatic heterocycles. The van der Waals surface area contributed by atoms with Crippen molar-refractivity contribution in [2.75, 3.05) is 0 Å². The molecule has 0 aliphatic rings. The van der Waals surface area contributed by atoms with E-state index in [1.54, 1.807) is 25.1 Å². The number of nitrogens with one attached hydrogen (secondary N) is 2. The van der Waals surface area contributed by atoms with Crippen LogP contribution in [0.3, 0.4) is 0 Å². The van der Waals surface area contributed by atoms with Crippen LogP contribution in [0.15, 0.2) is 23.3 Å². The standard InChI is InChI=1S/C13H15Cl2N3O2/c1-3-8(2)17-12(19)13(20)18-16-7-9-5-4-6-10(14)11(9)15/h4-8H,3H2,1-2H3,(H,17,19)(H,18,20)/b16-7-/t8-/m1/s1. The van der Waals surface area contributed by atoms with Crippen molar-refractivity contribution in [3.05, 3.63) is 33.8 Å². The first-order chi connectivity index (χ1) is 9.45. The molecular formula is C13H15Cl2N3O2. The zero-order valence-electron chi connectivity index (χ0n) is 11.1. The Morgan fingerprint density at radius 2 is 2.05 bits per heavy atom. The summed E-state index contributed by atoms with van der Waals surface area (Å²) in [5.74, 6) is -1.56. The maximum absolute atomic E-state index is 11.4. The molecule has 0 heterocycles. The number of rotatable bonds is 4. The van der Waals surface area contributed by atoms with Gasteiger partial charge in [0.05, 0.1) is 16.3 Å². The molecule has 1 aromatic carbocycles. The highest BCUT2D eigenvalue weighted by Gasteiger charge is 2.14. The molecular weight excluding hydrogens is 301 g/mol. The van der Waals surface area contributed by atoms with Crippen LogP contribution in [-0.2, 0) is 9.59 Å². The summed E-state index contributed by atoms with van der Waals surface area (Å²) in [5, 5.41) is 6.91. The van der Waals surface area contributed by atoms with Gasteiger partial charge in [0.1, 0.15) is 0 Å². The summed E-state index contributed by atoms with van der Waals surface area (Å²) < 4.78 is 0. The molecule has 5 nitrogen and oxygen atoms in total. The fourth-order valence-electron chi connectivity index (χ4n) is 1.22. The van der Waals surface area contributed by atoms with E-state index >= 15 is 0 Å². The van der Waals surface area contributed by atoms with Gasteiger partial charge < -0.3 is 5.32 Å². The quantitative estimate of drug-likeness (QED) is 0.508. The molecule has 108 valence electrons. The summed E-state index contributed by atoms with van der Waals surface area (Å²) in [6.07, 6.45) is 2.06. The second-order valence-corrected chi connectivity index (χ2v) is 4.91. The third-order valence-electron chi connectivity index (χ3n) is 2.55. The molecule has 20 heavy (non-hydrogen) atoms. The van der Waals surface area contributed by atoms with E-state index < -0.39 is 11.8 Å². The third kappa shape index (κ3) is 4.83. The molecule has 0 unspecified atom stereocenters. The lowest BCUT2D eigenvalue weighted by Crippen LogP contribution is -2.41. The average Bonchev–Trinajstić information content (AvgIpc) is 2.43. The molecule has 0 saturated carbocycles. The molecule has 0 bridgehead atoms. The second-order valence-electron chi connectivity index (χ2n) is 4.12. The van der Waals surface area contributed by atoms with Crippen molar-refractivity contribution in [1.29, 1.82) is 0 Å². The van der Waals surface area contributed by atoms with Crippen LogP contribution in [0.5, 0.6) is 0 Å². The number of hydrogen-bond acceptors (Lipinski definition) is 3. The monoisotopic (exact) mass is 315 g/mol. The fourth-order valence-corrected chi connectivity index (χ4v) is 1.58. The number of nitrogens with zero attached hydrogens (tertiary/aromatic N) is 1. The Balaban J connectivity index is 2.58. The van der Waals surface area contributed by atoms with Crippen LogP contribution in [0.25, 0.3) is 0 Å². The average molecular weight is 316 g/mol. The predicted molar refractivity (Wildman–Crippen MR) is 80.1 cm³/mol. The zero-order valence-corrected chi connectivity index (χ0v) is 12.6. The van der Waals surface area contributed by atoms with Crippen LogP contribution in [0.4, 0.5) is 0 Å². The normalized spacial score (nSPS) is 12.2. The van der Waals surface area contributed by atoms with Crippen molar-refractivity contribution >= 4 is 41.2 Å². The summed E-state index contributed by atoms with van der Waals surface area (Å²) in [7, 11) is 0. The lowest BCUT2D eigenvalue weighted by molar-refractivity contribution is -0.139. The smallest absolute Gasteiger partial charge is 0.329 e. The lowest BCUT2D eigenvalue weighted by Gasteiger charge is -2.09. The van der Waals surface area contributed by atoms with Gasteiger partial charge in [0.15, 0.2) is 0 Å². The number of benzene rings is 1. The van der Waals surface area contributed by atoms with Gasteiger partial charge in [0.25, 0.3) is 0 Å². The molecule has 0 fully saturated rings. The Morgan fingerprint density at radius 1 is 1.35 bits per heavy atom. The van der Waals surface area contributed by atoms with Gasteiger partial charge in [-0.2, -0.15) is 5.10 Å². The van der Waals surface area contributed by atoms with Gasteiger partial charge in [-0.05, 0) is 19.4 Å². The van der Waals surface area contributed by atoms with E-state index in [1.807, 2.05) is 6.92 Å². The summed E-state index contributed by atoms with van der Waals surface area (Å²) in [6.45, 7) is 3.71. The molecule has 1 atom stereocenters. The van der Waals surface area contributed by atoms with E-state index in [0.717, 1.165) is 6.42 Å². The third-order valence-corrected chi connectivity index (χ3v) is 3.38. The van der Waals surface area contributed by atoms with Crippen molar-refractivity contribution in [2.24, 2.45) is 5.10 Å². The van der Waals surface area contributed by atoms with Gasteiger partial charge in [-0.3, -0.25) is 9.59 Å². The molecule has 1 rings (SSSR count). The Kier molecular flexibility index (Phi) is 6.48. The van der Waals surface area contributed by atoms with Crippen molar-refractivity contribution in [2.45, 2.75) is 26.3 Å².